The molecule has 0 saturated carbocycles. The molecule has 2 rings (SSSR count). The molecule has 0 spiro atoms. The maximum Gasteiger partial charge on any atom is 0.311 e. The van der Waals surface area contributed by atoms with Crippen LogP contribution in [0.15, 0.2) is 12.1 Å². The van der Waals surface area contributed by atoms with Gasteiger partial charge in [-0.15, -0.1) is 0 Å². The number of pyridine rings is 1. The Morgan fingerprint density at radius 3 is 2.89 bits per heavy atom. The van der Waals surface area contributed by atoms with Crippen LogP contribution in [0.5, 0.6) is 0 Å². The number of hydrogen-bond acceptors (Lipinski definition) is 6. The molecule has 7 heteroatoms. The number of aryl methyl sites for hydroxylation is 1. The molecule has 1 aromatic heterocycles. The van der Waals surface area contributed by atoms with Crippen molar-refractivity contribution >= 4 is 11.5 Å². The van der Waals surface area contributed by atoms with Crippen molar-refractivity contribution in [2.24, 2.45) is 0 Å². The third-order valence-electron chi connectivity index (χ3n) is 3.03. The van der Waals surface area contributed by atoms with Crippen molar-refractivity contribution in [1.82, 2.24) is 9.88 Å². The van der Waals surface area contributed by atoms with E-state index in [0.29, 0.717) is 12.4 Å². The average Bonchev–Trinajstić information content (AvgIpc) is 2.39. The van der Waals surface area contributed by atoms with Crippen LogP contribution in [0.4, 0.5) is 11.5 Å². The molecular formula is C12H18N4O3. The molecule has 0 bridgehead atoms. The molecule has 1 aliphatic heterocycles. The van der Waals surface area contributed by atoms with E-state index in [1.807, 2.05) is 6.92 Å². The number of nitrogens with zero attached hydrogens (tertiary/aromatic N) is 3. The van der Waals surface area contributed by atoms with Crippen molar-refractivity contribution < 1.29 is 9.66 Å². The first-order chi connectivity index (χ1) is 9.16. The van der Waals surface area contributed by atoms with Gasteiger partial charge in [-0.3, -0.25) is 15.0 Å². The number of morpholine rings is 1. The molecular weight excluding hydrogens is 248 g/mol. The highest BCUT2D eigenvalue weighted by Crippen LogP contribution is 2.21. The Labute approximate surface area is 111 Å². The summed E-state index contributed by atoms with van der Waals surface area (Å²) >= 11 is 0. The number of hydrogen-bond donors (Lipinski definition) is 1. The molecule has 0 unspecified atom stereocenters. The second-order valence-electron chi connectivity index (χ2n) is 4.46. The minimum Gasteiger partial charge on any atom is -0.379 e. The third-order valence-corrected chi connectivity index (χ3v) is 3.03. The van der Waals surface area contributed by atoms with E-state index >= 15 is 0 Å². The number of anilines is 1. The molecule has 0 aromatic carbocycles. The van der Waals surface area contributed by atoms with Gasteiger partial charge in [-0.25, -0.2) is 4.98 Å². The summed E-state index contributed by atoms with van der Waals surface area (Å²) < 4.78 is 5.27. The molecule has 19 heavy (non-hydrogen) atoms. The maximum absolute atomic E-state index is 10.9. The zero-order valence-electron chi connectivity index (χ0n) is 11.0. The lowest BCUT2D eigenvalue weighted by Crippen LogP contribution is -2.39. The van der Waals surface area contributed by atoms with Gasteiger partial charge in [-0.2, -0.15) is 0 Å². The summed E-state index contributed by atoms with van der Waals surface area (Å²) in [6, 6.07) is 3.13. The van der Waals surface area contributed by atoms with Gasteiger partial charge < -0.3 is 10.1 Å². The molecule has 1 saturated heterocycles. The average molecular weight is 266 g/mol. The predicted octanol–water partition coefficient (Wildman–Crippen LogP) is 1.04. The van der Waals surface area contributed by atoms with E-state index in [1.54, 1.807) is 6.07 Å². The fourth-order valence-corrected chi connectivity index (χ4v) is 1.98. The Hall–Kier alpha value is -1.73. The van der Waals surface area contributed by atoms with Gasteiger partial charge in [0.15, 0.2) is 0 Å². The van der Waals surface area contributed by atoms with E-state index in [9.17, 15) is 10.1 Å². The van der Waals surface area contributed by atoms with Crippen molar-refractivity contribution in [3.05, 3.63) is 27.9 Å². The smallest absolute Gasteiger partial charge is 0.311 e. The number of nitro groups is 1. The predicted molar refractivity (Wildman–Crippen MR) is 71.4 cm³/mol. The van der Waals surface area contributed by atoms with Crippen LogP contribution in [0.2, 0.25) is 0 Å². The van der Waals surface area contributed by atoms with Crippen molar-refractivity contribution in [3.63, 3.8) is 0 Å². The molecule has 1 N–H and O–H groups in total. The summed E-state index contributed by atoms with van der Waals surface area (Å²) in [5.41, 5.74) is 0.784. The normalized spacial score (nSPS) is 16.3. The van der Waals surface area contributed by atoms with Crippen LogP contribution in [0, 0.1) is 17.0 Å². The van der Waals surface area contributed by atoms with E-state index in [0.717, 1.165) is 38.5 Å². The minimum absolute atomic E-state index is 0.0209. The van der Waals surface area contributed by atoms with Crippen molar-refractivity contribution in [2.75, 3.05) is 44.7 Å². The molecule has 1 aromatic rings. The van der Waals surface area contributed by atoms with Crippen LogP contribution in [0.3, 0.4) is 0 Å². The highest BCUT2D eigenvalue weighted by molar-refractivity contribution is 5.56. The Bertz CT molecular complexity index is 447. The van der Waals surface area contributed by atoms with E-state index < -0.39 is 4.92 Å². The summed E-state index contributed by atoms with van der Waals surface area (Å²) in [4.78, 5) is 16.9. The van der Waals surface area contributed by atoms with E-state index in [-0.39, 0.29) is 5.69 Å². The fraction of sp³-hybridized carbons (Fsp3) is 0.583. The van der Waals surface area contributed by atoms with Gasteiger partial charge in [0.2, 0.25) is 5.82 Å². The first kappa shape index (κ1) is 13.7. The lowest BCUT2D eigenvalue weighted by atomic mass is 10.3. The van der Waals surface area contributed by atoms with Crippen molar-refractivity contribution in [2.45, 2.75) is 6.92 Å². The molecule has 0 aliphatic carbocycles. The highest BCUT2D eigenvalue weighted by Gasteiger charge is 2.15. The van der Waals surface area contributed by atoms with Gasteiger partial charge in [-0.05, 0) is 13.0 Å². The van der Waals surface area contributed by atoms with Crippen LogP contribution >= 0.6 is 0 Å². The Balaban J connectivity index is 1.91. The topological polar surface area (TPSA) is 80.5 Å². The Kier molecular flexibility index (Phi) is 4.64. The molecule has 0 amide bonds. The SMILES string of the molecule is Cc1ccc([N+](=O)[O-])c(NCCN2CCOCC2)n1. The number of ether oxygens (including phenoxy) is 1. The summed E-state index contributed by atoms with van der Waals surface area (Å²) in [6.45, 7) is 6.60. The lowest BCUT2D eigenvalue weighted by molar-refractivity contribution is -0.384. The van der Waals surface area contributed by atoms with Gasteiger partial charge in [0.25, 0.3) is 0 Å². The van der Waals surface area contributed by atoms with E-state index in [2.05, 4.69) is 15.2 Å². The summed E-state index contributed by atoms with van der Waals surface area (Å²) in [6.07, 6.45) is 0. The largest absolute Gasteiger partial charge is 0.379 e. The van der Waals surface area contributed by atoms with Crippen molar-refractivity contribution in [3.8, 4) is 0 Å². The minimum atomic E-state index is -0.413. The van der Waals surface area contributed by atoms with Crippen LogP contribution in [0.25, 0.3) is 0 Å². The van der Waals surface area contributed by atoms with Crippen molar-refractivity contribution in [1.29, 1.82) is 0 Å². The molecule has 7 nitrogen and oxygen atoms in total. The zero-order valence-corrected chi connectivity index (χ0v) is 11.0. The second-order valence-corrected chi connectivity index (χ2v) is 4.46. The monoisotopic (exact) mass is 266 g/mol. The zero-order chi connectivity index (χ0) is 13.7. The first-order valence-corrected chi connectivity index (χ1v) is 6.33. The van der Waals surface area contributed by atoms with Gasteiger partial charge in [-0.1, -0.05) is 0 Å². The summed E-state index contributed by atoms with van der Waals surface area (Å²) in [5.74, 6) is 0.346. The lowest BCUT2D eigenvalue weighted by Gasteiger charge is -2.26. The van der Waals surface area contributed by atoms with Crippen LogP contribution in [0.1, 0.15) is 5.69 Å². The van der Waals surface area contributed by atoms with Crippen LogP contribution < -0.4 is 5.32 Å². The summed E-state index contributed by atoms with van der Waals surface area (Å²) in [5, 5.41) is 13.9. The number of aromatic nitrogens is 1. The number of rotatable bonds is 5. The Morgan fingerprint density at radius 2 is 2.21 bits per heavy atom. The van der Waals surface area contributed by atoms with Gasteiger partial charge in [0.1, 0.15) is 0 Å². The van der Waals surface area contributed by atoms with Gasteiger partial charge in [0, 0.05) is 37.9 Å². The second kappa shape index (κ2) is 6.44. The van der Waals surface area contributed by atoms with Crippen LogP contribution in [-0.2, 0) is 4.74 Å². The molecule has 0 atom stereocenters. The standard InChI is InChI=1S/C12H18N4O3/c1-10-2-3-11(16(17)18)12(14-10)13-4-5-15-6-8-19-9-7-15/h2-3H,4-9H2,1H3,(H,13,14). The molecule has 104 valence electrons. The summed E-state index contributed by atoms with van der Waals surface area (Å²) in [7, 11) is 0. The molecule has 2 heterocycles. The quantitative estimate of drug-likeness (QED) is 0.633. The highest BCUT2D eigenvalue weighted by atomic mass is 16.6. The maximum atomic E-state index is 10.9. The molecule has 0 radical (unpaired) electrons. The van der Waals surface area contributed by atoms with E-state index in [4.69, 9.17) is 4.74 Å². The van der Waals surface area contributed by atoms with E-state index in [1.165, 1.54) is 6.07 Å². The van der Waals surface area contributed by atoms with Gasteiger partial charge >= 0.3 is 5.69 Å². The number of nitrogens with one attached hydrogen (secondary N) is 1. The molecule has 1 fully saturated rings. The molecule has 1 aliphatic rings. The third kappa shape index (κ3) is 3.87. The van der Waals surface area contributed by atoms with Crippen LogP contribution in [-0.4, -0.2) is 54.2 Å². The Morgan fingerprint density at radius 1 is 1.47 bits per heavy atom. The fourth-order valence-electron chi connectivity index (χ4n) is 1.98. The first-order valence-electron chi connectivity index (χ1n) is 6.33. The van der Waals surface area contributed by atoms with Gasteiger partial charge in [0.05, 0.1) is 18.1 Å².